The molecule has 0 bridgehead atoms. The van der Waals surface area contributed by atoms with Gasteiger partial charge in [0.05, 0.1) is 17.1 Å². The summed E-state index contributed by atoms with van der Waals surface area (Å²) in [7, 11) is 0. The number of furan rings is 1. The molecule has 152 valence electrons. The lowest BCUT2D eigenvalue weighted by Gasteiger charge is -2.11. The van der Waals surface area contributed by atoms with E-state index in [4.69, 9.17) is 4.42 Å². The Morgan fingerprint density at radius 1 is 1.13 bits per heavy atom. The topological polar surface area (TPSA) is 60.4 Å². The monoisotopic (exact) mass is 481 g/mol. The van der Waals surface area contributed by atoms with Gasteiger partial charge in [-0.05, 0) is 49.4 Å². The zero-order valence-corrected chi connectivity index (χ0v) is 19.2. The van der Waals surface area contributed by atoms with E-state index < -0.39 is 0 Å². The fraction of sp³-hybridized carbons (Fsp3) is 0.174. The Morgan fingerprint density at radius 3 is 2.63 bits per heavy atom. The van der Waals surface area contributed by atoms with Crippen LogP contribution in [0.3, 0.4) is 0 Å². The normalized spacial score (nSPS) is 11.8. The molecule has 7 heteroatoms. The number of hydrogen-bond donors (Lipinski definition) is 0. The van der Waals surface area contributed by atoms with Crippen molar-refractivity contribution in [3.05, 3.63) is 86.6 Å². The van der Waals surface area contributed by atoms with Crippen LogP contribution in [0.1, 0.15) is 36.9 Å². The van der Waals surface area contributed by atoms with Crippen LogP contribution in [0.2, 0.25) is 0 Å². The molecule has 2 heterocycles. The molecule has 0 saturated carbocycles. The number of rotatable bonds is 5. The molecule has 0 saturated heterocycles. The van der Waals surface area contributed by atoms with Gasteiger partial charge in [-0.2, -0.15) is 9.78 Å². The summed E-state index contributed by atoms with van der Waals surface area (Å²) in [6, 6.07) is 17.5. The van der Waals surface area contributed by atoms with Gasteiger partial charge in [-0.25, -0.2) is 4.98 Å². The molecule has 4 rings (SSSR count). The second-order valence-corrected chi connectivity index (χ2v) is 9.21. The zero-order valence-electron chi connectivity index (χ0n) is 16.8. The van der Waals surface area contributed by atoms with Gasteiger partial charge in [0.1, 0.15) is 11.6 Å². The molecule has 4 aromatic rings. The van der Waals surface area contributed by atoms with Crippen molar-refractivity contribution < 1.29 is 4.42 Å². The third kappa shape index (κ3) is 4.42. The van der Waals surface area contributed by atoms with E-state index in [2.05, 4.69) is 57.2 Å². The smallest absolute Gasteiger partial charge is 0.282 e. The second-order valence-electron chi connectivity index (χ2n) is 7.22. The van der Waals surface area contributed by atoms with Crippen molar-refractivity contribution in [3.8, 4) is 0 Å². The van der Waals surface area contributed by atoms with Crippen molar-refractivity contribution in [1.29, 1.82) is 0 Å². The summed E-state index contributed by atoms with van der Waals surface area (Å²) in [5.41, 5.74) is 1.67. The number of fused-ring (bicyclic) bond motifs is 1. The molecular formula is C23H20BrN3O2S. The van der Waals surface area contributed by atoms with Crippen molar-refractivity contribution in [1.82, 2.24) is 9.66 Å². The Bertz CT molecular complexity index is 1290. The lowest BCUT2D eigenvalue weighted by molar-refractivity contribution is 0.468. The molecule has 0 aliphatic heterocycles. The van der Waals surface area contributed by atoms with Crippen LogP contribution < -0.4 is 5.56 Å². The van der Waals surface area contributed by atoms with Crippen LogP contribution in [0, 0.1) is 6.92 Å². The standard InChI is InChI=1S/C23H20BrN3O2S/c1-14(2)22-26-20-10-6-16(24)12-19(20)23(28)27(22)25-13-17-7-11-21(29-17)30-18-8-4-15(3)5-9-18/h4-14H,1-3H3. The van der Waals surface area contributed by atoms with E-state index in [1.165, 1.54) is 22.0 Å². The van der Waals surface area contributed by atoms with E-state index in [9.17, 15) is 4.79 Å². The third-order valence-electron chi connectivity index (χ3n) is 4.49. The molecule has 0 aliphatic carbocycles. The van der Waals surface area contributed by atoms with Crippen molar-refractivity contribution >= 4 is 44.8 Å². The fourth-order valence-corrected chi connectivity index (χ4v) is 4.09. The van der Waals surface area contributed by atoms with Gasteiger partial charge in [-0.3, -0.25) is 4.79 Å². The van der Waals surface area contributed by atoms with Crippen LogP contribution in [-0.2, 0) is 0 Å². The highest BCUT2D eigenvalue weighted by atomic mass is 79.9. The summed E-state index contributed by atoms with van der Waals surface area (Å²) in [4.78, 5) is 18.8. The summed E-state index contributed by atoms with van der Waals surface area (Å²) in [6.07, 6.45) is 1.55. The largest absolute Gasteiger partial charge is 0.448 e. The Morgan fingerprint density at radius 2 is 1.90 bits per heavy atom. The highest BCUT2D eigenvalue weighted by molar-refractivity contribution is 9.10. The maximum atomic E-state index is 13.1. The van der Waals surface area contributed by atoms with Crippen LogP contribution in [0.25, 0.3) is 10.9 Å². The Kier molecular flexibility index (Phi) is 5.92. The number of nitrogens with zero attached hydrogens (tertiary/aromatic N) is 3. The van der Waals surface area contributed by atoms with Crippen LogP contribution in [0.5, 0.6) is 0 Å². The first-order valence-corrected chi connectivity index (χ1v) is 11.1. The summed E-state index contributed by atoms with van der Waals surface area (Å²) < 4.78 is 8.04. The predicted molar refractivity (Wildman–Crippen MR) is 125 cm³/mol. The van der Waals surface area contributed by atoms with Crippen molar-refractivity contribution in [2.75, 3.05) is 0 Å². The van der Waals surface area contributed by atoms with Gasteiger partial charge in [0.25, 0.3) is 5.56 Å². The zero-order chi connectivity index (χ0) is 21.3. The van der Waals surface area contributed by atoms with E-state index >= 15 is 0 Å². The van der Waals surface area contributed by atoms with E-state index in [1.807, 2.05) is 38.1 Å². The highest BCUT2D eigenvalue weighted by Gasteiger charge is 2.14. The van der Waals surface area contributed by atoms with Crippen LogP contribution in [0.4, 0.5) is 0 Å². The number of benzene rings is 2. The minimum Gasteiger partial charge on any atom is -0.448 e. The van der Waals surface area contributed by atoms with Gasteiger partial charge >= 0.3 is 0 Å². The average molecular weight is 482 g/mol. The maximum absolute atomic E-state index is 13.1. The first-order chi connectivity index (χ1) is 14.4. The first-order valence-electron chi connectivity index (χ1n) is 9.51. The average Bonchev–Trinajstić information content (AvgIpc) is 3.16. The van der Waals surface area contributed by atoms with E-state index in [-0.39, 0.29) is 11.5 Å². The molecule has 0 amide bonds. The molecule has 0 spiro atoms. The molecule has 2 aromatic heterocycles. The summed E-state index contributed by atoms with van der Waals surface area (Å²) >= 11 is 4.96. The van der Waals surface area contributed by atoms with Gasteiger partial charge < -0.3 is 4.42 Å². The van der Waals surface area contributed by atoms with Gasteiger partial charge in [0.2, 0.25) is 0 Å². The van der Waals surface area contributed by atoms with Crippen LogP contribution >= 0.6 is 27.7 Å². The maximum Gasteiger partial charge on any atom is 0.282 e. The van der Waals surface area contributed by atoms with Crippen LogP contribution in [-0.4, -0.2) is 15.9 Å². The minimum absolute atomic E-state index is 0.0344. The summed E-state index contributed by atoms with van der Waals surface area (Å²) in [6.45, 7) is 6.03. The van der Waals surface area contributed by atoms with Crippen LogP contribution in [0.15, 0.2) is 83.4 Å². The van der Waals surface area contributed by atoms with Crippen molar-refractivity contribution in [2.24, 2.45) is 5.10 Å². The molecule has 0 N–H and O–H groups in total. The van der Waals surface area contributed by atoms with Gasteiger partial charge in [0, 0.05) is 15.3 Å². The predicted octanol–water partition coefficient (Wildman–Crippen LogP) is 6.22. The molecule has 30 heavy (non-hydrogen) atoms. The summed E-state index contributed by atoms with van der Waals surface area (Å²) in [5, 5.41) is 5.68. The second kappa shape index (κ2) is 8.62. The molecule has 2 aromatic carbocycles. The molecular weight excluding hydrogens is 462 g/mol. The molecule has 0 fully saturated rings. The van der Waals surface area contributed by atoms with Gasteiger partial charge in [-0.15, -0.1) is 0 Å². The van der Waals surface area contributed by atoms with Crippen molar-refractivity contribution in [2.45, 2.75) is 36.7 Å². The molecule has 0 atom stereocenters. The van der Waals surface area contributed by atoms with E-state index in [0.717, 1.165) is 14.5 Å². The molecule has 5 nitrogen and oxygen atoms in total. The SMILES string of the molecule is Cc1ccc(Sc2ccc(C=Nn3c(C(C)C)nc4ccc(Br)cc4c3=O)o2)cc1. The lowest BCUT2D eigenvalue weighted by atomic mass is 10.2. The Labute approximate surface area is 187 Å². The lowest BCUT2D eigenvalue weighted by Crippen LogP contribution is -2.23. The number of halogens is 1. The third-order valence-corrected chi connectivity index (χ3v) is 5.91. The number of hydrogen-bond acceptors (Lipinski definition) is 5. The van der Waals surface area contributed by atoms with Gasteiger partial charge in [0.15, 0.2) is 5.09 Å². The number of aromatic nitrogens is 2. The first kappa shape index (κ1) is 20.6. The summed E-state index contributed by atoms with van der Waals surface area (Å²) in [5.74, 6) is 1.21. The molecule has 0 aliphatic rings. The Balaban J connectivity index is 1.66. The fourth-order valence-electron chi connectivity index (χ4n) is 2.95. The highest BCUT2D eigenvalue weighted by Crippen LogP contribution is 2.29. The quantitative estimate of drug-likeness (QED) is 0.317. The number of aryl methyl sites for hydroxylation is 1. The molecule has 0 radical (unpaired) electrons. The molecule has 0 unspecified atom stereocenters. The van der Waals surface area contributed by atoms with E-state index in [1.54, 1.807) is 12.3 Å². The Hall–Kier alpha value is -2.64. The van der Waals surface area contributed by atoms with Crippen molar-refractivity contribution in [3.63, 3.8) is 0 Å². The minimum atomic E-state index is -0.206. The van der Waals surface area contributed by atoms with E-state index in [0.29, 0.717) is 22.5 Å². The van der Waals surface area contributed by atoms with Gasteiger partial charge in [-0.1, -0.05) is 59.2 Å².